The van der Waals surface area contributed by atoms with Gasteiger partial charge in [0.2, 0.25) is 10.0 Å². The predicted molar refractivity (Wildman–Crippen MR) is 111 cm³/mol. The summed E-state index contributed by atoms with van der Waals surface area (Å²) in [5.41, 5.74) is 0.461. The fourth-order valence-corrected chi connectivity index (χ4v) is 4.66. The Hall–Kier alpha value is -3.31. The summed E-state index contributed by atoms with van der Waals surface area (Å²) in [6.45, 7) is 1.97. The van der Waals surface area contributed by atoms with Crippen LogP contribution in [0.2, 0.25) is 0 Å². The molecule has 0 unspecified atom stereocenters. The first-order valence-corrected chi connectivity index (χ1v) is 10.9. The van der Waals surface area contributed by atoms with Gasteiger partial charge in [-0.3, -0.25) is 14.9 Å². The van der Waals surface area contributed by atoms with Crippen LogP contribution >= 0.6 is 0 Å². The Morgan fingerprint density at radius 3 is 2.39 bits per heavy atom. The first kappa shape index (κ1) is 22.4. The van der Waals surface area contributed by atoms with E-state index in [0.717, 1.165) is 12.8 Å². The lowest BCUT2D eigenvalue weighted by atomic mass is 10.2. The van der Waals surface area contributed by atoms with E-state index in [4.69, 9.17) is 4.74 Å². The highest BCUT2D eigenvalue weighted by molar-refractivity contribution is 7.89. The molecule has 0 spiro atoms. The monoisotopic (exact) mass is 447 g/mol. The van der Waals surface area contributed by atoms with Crippen LogP contribution in [0.25, 0.3) is 0 Å². The molecule has 0 aliphatic carbocycles. The minimum Gasteiger partial charge on any atom is -0.452 e. The maximum atomic E-state index is 12.5. The number of nitrogens with zero attached hydrogens (tertiary/aromatic N) is 2. The van der Waals surface area contributed by atoms with Gasteiger partial charge < -0.3 is 10.1 Å². The molecule has 0 aromatic heterocycles. The first-order valence-electron chi connectivity index (χ1n) is 9.51. The lowest BCUT2D eigenvalue weighted by Crippen LogP contribution is -2.27. The summed E-state index contributed by atoms with van der Waals surface area (Å²) in [5.74, 6) is -1.56. The number of nitrogens with one attached hydrogen (secondary N) is 1. The first-order chi connectivity index (χ1) is 14.7. The molecule has 0 saturated carbocycles. The van der Waals surface area contributed by atoms with Crippen molar-refractivity contribution in [2.45, 2.75) is 24.7 Å². The van der Waals surface area contributed by atoms with Crippen molar-refractivity contribution in [2.24, 2.45) is 0 Å². The molecule has 1 saturated heterocycles. The van der Waals surface area contributed by atoms with Gasteiger partial charge >= 0.3 is 5.97 Å². The number of amides is 1. The van der Waals surface area contributed by atoms with Gasteiger partial charge in [-0.05, 0) is 55.7 Å². The number of sulfonamides is 1. The van der Waals surface area contributed by atoms with E-state index in [-0.39, 0.29) is 21.8 Å². The molecule has 31 heavy (non-hydrogen) atoms. The van der Waals surface area contributed by atoms with Crippen LogP contribution in [-0.2, 0) is 19.6 Å². The number of hydrogen-bond acceptors (Lipinski definition) is 7. The Bertz CT molecular complexity index is 1110. The molecular weight excluding hydrogens is 426 g/mol. The number of nitro benzene ring substituents is 1. The highest BCUT2D eigenvalue weighted by Crippen LogP contribution is 2.25. The van der Waals surface area contributed by atoms with E-state index in [1.54, 1.807) is 13.0 Å². The normalized spacial score (nSPS) is 14.2. The van der Waals surface area contributed by atoms with Crippen molar-refractivity contribution >= 4 is 33.3 Å². The molecule has 3 rings (SSSR count). The molecule has 0 radical (unpaired) electrons. The topological polar surface area (TPSA) is 136 Å². The second-order valence-electron chi connectivity index (χ2n) is 7.04. The molecule has 1 N–H and O–H groups in total. The lowest BCUT2D eigenvalue weighted by Gasteiger charge is -2.15. The molecule has 2 aromatic carbocycles. The second-order valence-corrected chi connectivity index (χ2v) is 8.98. The number of ether oxygens (including phenoxy) is 1. The zero-order valence-electron chi connectivity index (χ0n) is 16.7. The van der Waals surface area contributed by atoms with Crippen molar-refractivity contribution in [1.82, 2.24) is 4.31 Å². The third-order valence-corrected chi connectivity index (χ3v) is 6.66. The highest BCUT2D eigenvalue weighted by atomic mass is 32.2. The van der Waals surface area contributed by atoms with Crippen molar-refractivity contribution < 1.29 is 27.7 Å². The van der Waals surface area contributed by atoms with E-state index in [2.05, 4.69) is 5.32 Å². The predicted octanol–water partition coefficient (Wildman–Crippen LogP) is 2.48. The Morgan fingerprint density at radius 1 is 1.13 bits per heavy atom. The zero-order valence-corrected chi connectivity index (χ0v) is 17.6. The summed E-state index contributed by atoms with van der Waals surface area (Å²) < 4.78 is 31.3. The maximum absolute atomic E-state index is 12.5. The number of anilines is 1. The number of aryl methyl sites for hydroxylation is 1. The average Bonchev–Trinajstić information content (AvgIpc) is 3.29. The average molecular weight is 447 g/mol. The van der Waals surface area contributed by atoms with Gasteiger partial charge in [0.15, 0.2) is 6.61 Å². The Balaban J connectivity index is 1.60. The maximum Gasteiger partial charge on any atom is 0.338 e. The van der Waals surface area contributed by atoms with Crippen LogP contribution in [0.4, 0.5) is 11.4 Å². The number of esters is 1. The molecule has 164 valence electrons. The van der Waals surface area contributed by atoms with Crippen LogP contribution in [0.5, 0.6) is 0 Å². The minimum atomic E-state index is -3.59. The second kappa shape index (κ2) is 9.23. The molecule has 1 aliphatic rings. The van der Waals surface area contributed by atoms with Crippen LogP contribution in [-0.4, -0.2) is 49.2 Å². The molecule has 2 aromatic rings. The quantitative estimate of drug-likeness (QED) is 0.391. The third kappa shape index (κ3) is 5.25. The number of carbonyl (C=O) groups is 2. The molecule has 0 atom stereocenters. The number of rotatable bonds is 7. The molecule has 1 heterocycles. The molecule has 1 amide bonds. The van der Waals surface area contributed by atoms with Gasteiger partial charge in [0.05, 0.1) is 15.4 Å². The van der Waals surface area contributed by atoms with Crippen LogP contribution in [0, 0.1) is 17.0 Å². The van der Waals surface area contributed by atoms with E-state index in [1.165, 1.54) is 40.7 Å². The summed E-state index contributed by atoms with van der Waals surface area (Å²) in [4.78, 5) is 34.8. The van der Waals surface area contributed by atoms with Crippen molar-refractivity contribution in [1.29, 1.82) is 0 Å². The van der Waals surface area contributed by atoms with E-state index in [0.29, 0.717) is 18.7 Å². The summed E-state index contributed by atoms with van der Waals surface area (Å²) in [6.07, 6.45) is 1.63. The number of hydrogen-bond donors (Lipinski definition) is 1. The number of benzene rings is 2. The van der Waals surface area contributed by atoms with Crippen LogP contribution in [0.1, 0.15) is 28.8 Å². The van der Waals surface area contributed by atoms with Crippen molar-refractivity contribution in [3.63, 3.8) is 0 Å². The highest BCUT2D eigenvalue weighted by Gasteiger charge is 2.27. The molecule has 0 bridgehead atoms. The summed E-state index contributed by atoms with van der Waals surface area (Å²) in [5, 5.41) is 13.5. The van der Waals surface area contributed by atoms with Crippen molar-refractivity contribution in [3.8, 4) is 0 Å². The Kier molecular flexibility index (Phi) is 6.66. The molecule has 10 nitrogen and oxygen atoms in total. The van der Waals surface area contributed by atoms with Gasteiger partial charge in [0, 0.05) is 19.2 Å². The summed E-state index contributed by atoms with van der Waals surface area (Å²) in [7, 11) is -3.59. The fraction of sp³-hybridized carbons (Fsp3) is 0.300. The van der Waals surface area contributed by atoms with E-state index in [9.17, 15) is 28.1 Å². The van der Waals surface area contributed by atoms with Gasteiger partial charge in [0.25, 0.3) is 11.6 Å². The van der Waals surface area contributed by atoms with E-state index < -0.39 is 33.4 Å². The standard InChI is InChI=1S/C20H21N3O7S/c1-14-4-9-17(18(12-14)23(26)27)21-19(24)13-30-20(25)15-5-7-16(8-6-15)31(28,29)22-10-2-3-11-22/h4-9,12H,2-3,10-11,13H2,1H3,(H,21,24). The largest absolute Gasteiger partial charge is 0.452 e. The fourth-order valence-electron chi connectivity index (χ4n) is 3.14. The Morgan fingerprint density at radius 2 is 1.77 bits per heavy atom. The van der Waals surface area contributed by atoms with Crippen LogP contribution < -0.4 is 5.32 Å². The van der Waals surface area contributed by atoms with Crippen LogP contribution in [0.3, 0.4) is 0 Å². The van der Waals surface area contributed by atoms with Gasteiger partial charge in [0.1, 0.15) is 5.69 Å². The zero-order chi connectivity index (χ0) is 22.6. The van der Waals surface area contributed by atoms with Crippen molar-refractivity contribution in [2.75, 3.05) is 25.0 Å². The third-order valence-electron chi connectivity index (χ3n) is 4.75. The SMILES string of the molecule is Cc1ccc(NC(=O)COC(=O)c2ccc(S(=O)(=O)N3CCCC3)cc2)c([N+](=O)[O-])c1. The molecule has 1 fully saturated rings. The molecule has 11 heteroatoms. The van der Waals surface area contributed by atoms with Gasteiger partial charge in [-0.2, -0.15) is 4.31 Å². The minimum absolute atomic E-state index is 0.00637. The summed E-state index contributed by atoms with van der Waals surface area (Å²) >= 11 is 0. The van der Waals surface area contributed by atoms with Gasteiger partial charge in [-0.1, -0.05) is 6.07 Å². The summed E-state index contributed by atoms with van der Waals surface area (Å²) in [6, 6.07) is 9.58. The van der Waals surface area contributed by atoms with Gasteiger partial charge in [-0.25, -0.2) is 13.2 Å². The smallest absolute Gasteiger partial charge is 0.338 e. The van der Waals surface area contributed by atoms with E-state index >= 15 is 0 Å². The lowest BCUT2D eigenvalue weighted by molar-refractivity contribution is -0.384. The molecule has 1 aliphatic heterocycles. The van der Waals surface area contributed by atoms with Crippen molar-refractivity contribution in [3.05, 3.63) is 63.7 Å². The number of nitro groups is 1. The van der Waals surface area contributed by atoms with Gasteiger partial charge in [-0.15, -0.1) is 0 Å². The Labute approximate surface area is 179 Å². The molecular formula is C20H21N3O7S. The van der Waals surface area contributed by atoms with Crippen LogP contribution in [0.15, 0.2) is 47.4 Å². The van der Waals surface area contributed by atoms with E-state index in [1.807, 2.05) is 0 Å². The number of carbonyl (C=O) groups excluding carboxylic acids is 2.